The number of carbonyl (C=O) groups excluding carboxylic acids is 1. The van der Waals surface area contributed by atoms with Crippen molar-refractivity contribution < 1.29 is 4.79 Å². The van der Waals surface area contributed by atoms with E-state index in [1.165, 1.54) is 5.56 Å². The molecule has 0 aliphatic heterocycles. The minimum atomic E-state index is 0.255. The Morgan fingerprint density at radius 1 is 1.07 bits per heavy atom. The Morgan fingerprint density at radius 2 is 1.87 bits per heavy atom. The van der Waals surface area contributed by atoms with Crippen LogP contribution in [0.3, 0.4) is 0 Å². The van der Waals surface area contributed by atoms with Gasteiger partial charge in [-0.25, -0.2) is 0 Å². The molecular weight excluding hydrogens is 184 g/mol. The van der Waals surface area contributed by atoms with Crippen molar-refractivity contribution in [1.29, 1.82) is 0 Å². The normalized spacial score (nSPS) is 28.4. The Bertz CT molecular complexity index is 431. The molecule has 0 fully saturated rings. The summed E-state index contributed by atoms with van der Waals surface area (Å²) in [5.41, 5.74) is 2.22. The lowest BCUT2D eigenvalue weighted by molar-refractivity contribution is 0.0848. The Kier molecular flexibility index (Phi) is 1.98. The molecule has 2 aliphatic carbocycles. The number of ketones is 1. The molecule has 15 heavy (non-hydrogen) atoms. The molecule has 76 valence electrons. The number of benzene rings is 1. The molecule has 0 saturated carbocycles. The maximum Gasteiger partial charge on any atom is 0.166 e. The molecule has 0 radical (unpaired) electrons. The summed E-state index contributed by atoms with van der Waals surface area (Å²) in [4.78, 5) is 12.2. The molecule has 0 saturated heterocycles. The van der Waals surface area contributed by atoms with Gasteiger partial charge in [0.2, 0.25) is 0 Å². The second-order valence-corrected chi connectivity index (χ2v) is 4.53. The second-order valence-electron chi connectivity index (χ2n) is 4.53. The fraction of sp³-hybridized carbons (Fsp3) is 0.357. The molecule has 1 aromatic rings. The van der Waals surface area contributed by atoms with Crippen molar-refractivity contribution in [2.75, 3.05) is 0 Å². The maximum absolute atomic E-state index is 12.2. The largest absolute Gasteiger partial charge is 0.294 e. The lowest BCUT2D eigenvalue weighted by atomic mass is 9.70. The van der Waals surface area contributed by atoms with Crippen molar-refractivity contribution in [2.24, 2.45) is 11.8 Å². The first-order valence-electron chi connectivity index (χ1n) is 5.63. The van der Waals surface area contributed by atoms with Gasteiger partial charge in [0, 0.05) is 11.5 Å². The van der Waals surface area contributed by atoms with E-state index < -0.39 is 0 Å². The summed E-state index contributed by atoms with van der Waals surface area (Å²) in [5.74, 6) is 1.17. The summed E-state index contributed by atoms with van der Waals surface area (Å²) in [6.45, 7) is 0. The molecule has 0 aromatic heterocycles. The van der Waals surface area contributed by atoms with E-state index in [9.17, 15) is 4.79 Å². The zero-order valence-electron chi connectivity index (χ0n) is 8.65. The molecule has 1 nitrogen and oxygen atoms in total. The average molecular weight is 198 g/mol. The third-order valence-corrected chi connectivity index (χ3v) is 3.67. The molecule has 1 aromatic carbocycles. The molecule has 1 heteroatoms. The fourth-order valence-corrected chi connectivity index (χ4v) is 2.84. The Labute approximate surface area is 89.8 Å². The summed E-state index contributed by atoms with van der Waals surface area (Å²) in [6.07, 6.45) is 7.48. The number of Topliss-reactive ketones (excluding diaryl/α,β-unsaturated/α-hetero) is 1. The van der Waals surface area contributed by atoms with Crippen LogP contribution in [0.5, 0.6) is 0 Å². The summed E-state index contributed by atoms with van der Waals surface area (Å²) in [6, 6.07) is 8.08. The van der Waals surface area contributed by atoms with E-state index in [4.69, 9.17) is 0 Å². The van der Waals surface area contributed by atoms with Crippen molar-refractivity contribution >= 4 is 5.78 Å². The highest BCUT2D eigenvalue weighted by molar-refractivity contribution is 6.00. The van der Waals surface area contributed by atoms with Crippen molar-refractivity contribution in [2.45, 2.75) is 19.3 Å². The number of carbonyl (C=O) groups is 1. The Balaban J connectivity index is 2.05. The van der Waals surface area contributed by atoms with Crippen LogP contribution in [0.15, 0.2) is 36.4 Å². The molecule has 3 rings (SSSR count). The van der Waals surface area contributed by atoms with Crippen LogP contribution in [-0.2, 0) is 6.42 Å². The van der Waals surface area contributed by atoms with Crippen molar-refractivity contribution in [1.82, 2.24) is 0 Å². The lowest BCUT2D eigenvalue weighted by Crippen LogP contribution is -2.32. The van der Waals surface area contributed by atoms with Crippen LogP contribution in [0.2, 0.25) is 0 Å². The van der Waals surface area contributed by atoms with E-state index in [0.717, 1.165) is 24.8 Å². The van der Waals surface area contributed by atoms with E-state index in [1.807, 2.05) is 18.2 Å². The number of hydrogen-bond acceptors (Lipinski definition) is 1. The highest BCUT2D eigenvalue weighted by atomic mass is 16.1. The molecule has 2 atom stereocenters. The van der Waals surface area contributed by atoms with E-state index in [-0.39, 0.29) is 5.92 Å². The first kappa shape index (κ1) is 8.90. The summed E-state index contributed by atoms with van der Waals surface area (Å²) in [5, 5.41) is 0. The van der Waals surface area contributed by atoms with Gasteiger partial charge in [-0.1, -0.05) is 36.4 Å². The van der Waals surface area contributed by atoms with E-state index in [0.29, 0.717) is 11.7 Å². The SMILES string of the molecule is O=C1c2ccccc2C[C@@H]2CC=CC[C@@H]12. The standard InChI is InChI=1S/C14H14O/c15-14-12-7-3-1-5-10(12)9-11-6-2-4-8-13(11)14/h1-5,7,11,13H,6,8-9H2/t11-,13+/m0/s1. The van der Waals surface area contributed by atoms with Gasteiger partial charge in [-0.05, 0) is 30.7 Å². The van der Waals surface area contributed by atoms with Crippen LogP contribution in [0.25, 0.3) is 0 Å². The highest BCUT2D eigenvalue weighted by Gasteiger charge is 2.34. The first-order chi connectivity index (χ1) is 7.36. The predicted octanol–water partition coefficient (Wildman–Crippen LogP) is 3.01. The number of fused-ring (bicyclic) bond motifs is 2. The van der Waals surface area contributed by atoms with Gasteiger partial charge in [0.15, 0.2) is 5.78 Å². The summed E-state index contributed by atoms with van der Waals surface area (Å²) < 4.78 is 0. The Hall–Kier alpha value is -1.37. The quantitative estimate of drug-likeness (QED) is 0.586. The summed E-state index contributed by atoms with van der Waals surface area (Å²) >= 11 is 0. The molecule has 0 spiro atoms. The van der Waals surface area contributed by atoms with E-state index >= 15 is 0 Å². The molecule has 0 amide bonds. The molecule has 0 N–H and O–H groups in total. The van der Waals surface area contributed by atoms with E-state index in [2.05, 4.69) is 18.2 Å². The van der Waals surface area contributed by atoms with Gasteiger partial charge in [-0.15, -0.1) is 0 Å². The monoisotopic (exact) mass is 198 g/mol. The molecular formula is C14H14O. The number of allylic oxidation sites excluding steroid dienone is 2. The maximum atomic E-state index is 12.2. The minimum absolute atomic E-state index is 0.255. The van der Waals surface area contributed by atoms with Gasteiger partial charge in [-0.2, -0.15) is 0 Å². The zero-order chi connectivity index (χ0) is 10.3. The van der Waals surface area contributed by atoms with Crippen LogP contribution >= 0.6 is 0 Å². The molecule has 0 bridgehead atoms. The van der Waals surface area contributed by atoms with Crippen molar-refractivity contribution in [3.8, 4) is 0 Å². The fourth-order valence-electron chi connectivity index (χ4n) is 2.84. The predicted molar refractivity (Wildman–Crippen MR) is 59.8 cm³/mol. The van der Waals surface area contributed by atoms with Crippen LogP contribution in [0, 0.1) is 11.8 Å². The number of rotatable bonds is 0. The van der Waals surface area contributed by atoms with Gasteiger partial charge >= 0.3 is 0 Å². The van der Waals surface area contributed by atoms with Crippen molar-refractivity contribution in [3.05, 3.63) is 47.5 Å². The van der Waals surface area contributed by atoms with Gasteiger partial charge < -0.3 is 0 Å². The summed E-state index contributed by atoms with van der Waals surface area (Å²) in [7, 11) is 0. The second kappa shape index (κ2) is 3.34. The van der Waals surface area contributed by atoms with Gasteiger partial charge in [0.05, 0.1) is 0 Å². The Morgan fingerprint density at radius 3 is 2.80 bits per heavy atom. The minimum Gasteiger partial charge on any atom is -0.294 e. The van der Waals surface area contributed by atoms with E-state index in [1.54, 1.807) is 0 Å². The van der Waals surface area contributed by atoms with Crippen molar-refractivity contribution in [3.63, 3.8) is 0 Å². The first-order valence-corrected chi connectivity index (χ1v) is 5.63. The average Bonchev–Trinajstić information content (AvgIpc) is 2.30. The highest BCUT2D eigenvalue weighted by Crippen LogP contribution is 2.36. The van der Waals surface area contributed by atoms with Crippen LogP contribution in [0.4, 0.5) is 0 Å². The lowest BCUT2D eigenvalue weighted by Gasteiger charge is -2.32. The smallest absolute Gasteiger partial charge is 0.166 e. The molecule has 0 unspecified atom stereocenters. The third-order valence-electron chi connectivity index (χ3n) is 3.67. The van der Waals surface area contributed by atoms with Gasteiger partial charge in [0.25, 0.3) is 0 Å². The zero-order valence-corrected chi connectivity index (χ0v) is 8.65. The number of hydrogen-bond donors (Lipinski definition) is 0. The molecule has 0 heterocycles. The van der Waals surface area contributed by atoms with Crippen LogP contribution < -0.4 is 0 Å². The van der Waals surface area contributed by atoms with Crippen LogP contribution in [0.1, 0.15) is 28.8 Å². The van der Waals surface area contributed by atoms with Gasteiger partial charge in [0.1, 0.15) is 0 Å². The third kappa shape index (κ3) is 1.34. The topological polar surface area (TPSA) is 17.1 Å². The molecule has 2 aliphatic rings. The van der Waals surface area contributed by atoms with Crippen LogP contribution in [-0.4, -0.2) is 5.78 Å². The van der Waals surface area contributed by atoms with Gasteiger partial charge in [-0.3, -0.25) is 4.79 Å².